The van der Waals surface area contributed by atoms with Crippen LogP contribution in [0.2, 0.25) is 5.02 Å². The van der Waals surface area contributed by atoms with Crippen molar-refractivity contribution in [3.05, 3.63) is 100 Å². The van der Waals surface area contributed by atoms with E-state index in [1.807, 2.05) is 24.3 Å². The summed E-state index contributed by atoms with van der Waals surface area (Å²) in [6.45, 7) is 0.957. The zero-order valence-electron chi connectivity index (χ0n) is 14.8. The van der Waals surface area contributed by atoms with Crippen molar-refractivity contribution >= 4 is 23.2 Å². The molecule has 0 bridgehead atoms. The van der Waals surface area contributed by atoms with Gasteiger partial charge in [-0.15, -0.1) is 0 Å². The normalized spacial score (nSPS) is 13.9. The minimum Gasteiger partial charge on any atom is -0.368 e. The van der Waals surface area contributed by atoms with Crippen LogP contribution in [0, 0.1) is 11.6 Å². The van der Waals surface area contributed by atoms with Crippen molar-refractivity contribution in [3.63, 3.8) is 0 Å². The largest absolute Gasteiger partial charge is 0.368 e. The molecule has 0 aliphatic carbocycles. The third kappa shape index (κ3) is 3.58. The molecular weight excluding hydrogens is 382 g/mol. The molecule has 0 radical (unpaired) electrons. The van der Waals surface area contributed by atoms with Gasteiger partial charge in [-0.2, -0.15) is 0 Å². The van der Waals surface area contributed by atoms with Gasteiger partial charge < -0.3 is 10.2 Å². The highest BCUT2D eigenvalue weighted by Gasteiger charge is 2.30. The third-order valence-corrected chi connectivity index (χ3v) is 5.11. The van der Waals surface area contributed by atoms with Gasteiger partial charge in [0.15, 0.2) is 11.6 Å². The molecule has 0 fully saturated rings. The average molecular weight is 399 g/mol. The van der Waals surface area contributed by atoms with Crippen LogP contribution in [0.5, 0.6) is 0 Å². The van der Waals surface area contributed by atoms with Crippen LogP contribution in [0.1, 0.15) is 22.7 Å². The molecule has 142 valence electrons. The fourth-order valence-corrected chi connectivity index (χ4v) is 3.51. The molecular formula is C22H17ClF2N2O. The third-order valence-electron chi connectivity index (χ3n) is 4.85. The van der Waals surface area contributed by atoms with E-state index in [1.165, 1.54) is 12.1 Å². The number of amides is 1. The summed E-state index contributed by atoms with van der Waals surface area (Å²) in [5.74, 6) is -2.21. The number of hydrogen-bond donors (Lipinski definition) is 1. The van der Waals surface area contributed by atoms with E-state index in [1.54, 1.807) is 29.2 Å². The fourth-order valence-electron chi connectivity index (χ4n) is 3.39. The molecule has 1 atom stereocenters. The summed E-state index contributed by atoms with van der Waals surface area (Å²) in [6.07, 6.45) is 0. The van der Waals surface area contributed by atoms with Crippen molar-refractivity contribution in [2.45, 2.75) is 19.1 Å². The van der Waals surface area contributed by atoms with E-state index in [0.29, 0.717) is 23.7 Å². The summed E-state index contributed by atoms with van der Waals surface area (Å²) in [5, 5.41) is 3.41. The second-order valence-electron chi connectivity index (χ2n) is 6.69. The predicted molar refractivity (Wildman–Crippen MR) is 105 cm³/mol. The van der Waals surface area contributed by atoms with Crippen molar-refractivity contribution in [1.29, 1.82) is 0 Å². The molecule has 3 aromatic rings. The lowest BCUT2D eigenvalue weighted by molar-refractivity contribution is -0.132. The maximum absolute atomic E-state index is 14.2. The summed E-state index contributed by atoms with van der Waals surface area (Å²) in [6, 6.07) is 17.6. The second kappa shape index (κ2) is 7.60. The van der Waals surface area contributed by atoms with E-state index in [2.05, 4.69) is 5.32 Å². The number of fused-ring (bicyclic) bond motifs is 1. The molecule has 1 heterocycles. The number of carbonyl (C=O) groups excluding carboxylic acids is 1. The summed E-state index contributed by atoms with van der Waals surface area (Å²) in [7, 11) is 0. The van der Waals surface area contributed by atoms with Crippen LogP contribution in [-0.4, -0.2) is 10.8 Å². The number of rotatable bonds is 4. The first-order valence-corrected chi connectivity index (χ1v) is 9.22. The van der Waals surface area contributed by atoms with Crippen LogP contribution in [0.25, 0.3) is 0 Å². The lowest BCUT2D eigenvalue weighted by atomic mass is 10.0. The minimum atomic E-state index is -1.01. The van der Waals surface area contributed by atoms with Gasteiger partial charge in [-0.3, -0.25) is 4.79 Å². The number of nitrogens with zero attached hydrogens (tertiary/aromatic N) is 1. The zero-order chi connectivity index (χ0) is 19.7. The molecule has 3 nitrogen and oxygen atoms in total. The van der Waals surface area contributed by atoms with Gasteiger partial charge in [-0.25, -0.2) is 8.78 Å². The highest BCUT2D eigenvalue weighted by Crippen LogP contribution is 2.30. The molecule has 0 saturated heterocycles. The van der Waals surface area contributed by atoms with Gasteiger partial charge in [-0.1, -0.05) is 54.1 Å². The van der Waals surface area contributed by atoms with Gasteiger partial charge in [-0.05, 0) is 41.0 Å². The minimum absolute atomic E-state index is 0.0648. The first-order chi connectivity index (χ1) is 13.5. The van der Waals surface area contributed by atoms with Gasteiger partial charge in [0, 0.05) is 18.1 Å². The van der Waals surface area contributed by atoms with E-state index in [4.69, 9.17) is 11.6 Å². The zero-order valence-corrected chi connectivity index (χ0v) is 15.6. The standard InChI is InChI=1S/C22H17ClF2N2O/c23-17-10-8-14(9-11-17)21(26-19-7-3-6-18(24)20(19)25)22(28)27-12-15-4-1-2-5-16(15)13-27/h1-11,21,26H,12-13H2. The highest BCUT2D eigenvalue weighted by molar-refractivity contribution is 6.30. The Morgan fingerprint density at radius 3 is 2.21 bits per heavy atom. The summed E-state index contributed by atoms with van der Waals surface area (Å²) in [4.78, 5) is 15.0. The topological polar surface area (TPSA) is 32.3 Å². The van der Waals surface area contributed by atoms with E-state index >= 15 is 0 Å². The number of carbonyl (C=O) groups is 1. The molecule has 6 heteroatoms. The number of anilines is 1. The fraction of sp³-hybridized carbons (Fsp3) is 0.136. The number of benzene rings is 3. The molecule has 0 aromatic heterocycles. The van der Waals surface area contributed by atoms with Crippen LogP contribution in [-0.2, 0) is 17.9 Å². The predicted octanol–water partition coefficient (Wildman–Crippen LogP) is 5.31. The van der Waals surface area contributed by atoms with Crippen molar-refractivity contribution in [3.8, 4) is 0 Å². The Bertz CT molecular complexity index is 998. The van der Waals surface area contributed by atoms with Crippen LogP contribution >= 0.6 is 11.6 Å². The van der Waals surface area contributed by atoms with Crippen LogP contribution < -0.4 is 5.32 Å². The van der Waals surface area contributed by atoms with Crippen LogP contribution in [0.4, 0.5) is 14.5 Å². The first kappa shape index (κ1) is 18.4. The molecule has 0 saturated carbocycles. The van der Waals surface area contributed by atoms with Gasteiger partial charge in [0.05, 0.1) is 5.69 Å². The Morgan fingerprint density at radius 1 is 0.929 bits per heavy atom. The van der Waals surface area contributed by atoms with E-state index < -0.39 is 17.7 Å². The monoisotopic (exact) mass is 398 g/mol. The maximum Gasteiger partial charge on any atom is 0.250 e. The summed E-state index contributed by atoms with van der Waals surface area (Å²) in [5.41, 5.74) is 2.73. The Morgan fingerprint density at radius 2 is 1.57 bits per heavy atom. The van der Waals surface area contributed by atoms with E-state index in [0.717, 1.165) is 17.2 Å². The van der Waals surface area contributed by atoms with Gasteiger partial charge in [0.2, 0.25) is 5.91 Å². The van der Waals surface area contributed by atoms with Gasteiger partial charge in [0.1, 0.15) is 6.04 Å². The highest BCUT2D eigenvalue weighted by atomic mass is 35.5. The number of nitrogens with one attached hydrogen (secondary N) is 1. The molecule has 1 aliphatic heterocycles. The SMILES string of the molecule is O=C(C(Nc1cccc(F)c1F)c1ccc(Cl)cc1)N1Cc2ccccc2C1. The first-order valence-electron chi connectivity index (χ1n) is 8.84. The average Bonchev–Trinajstić information content (AvgIpc) is 3.14. The molecule has 1 aliphatic rings. The Labute approximate surface area is 166 Å². The van der Waals surface area contributed by atoms with Crippen LogP contribution in [0.15, 0.2) is 66.7 Å². The summed E-state index contributed by atoms with van der Waals surface area (Å²) < 4.78 is 27.9. The molecule has 1 amide bonds. The Balaban J connectivity index is 1.66. The van der Waals surface area contributed by atoms with Gasteiger partial charge in [0.25, 0.3) is 0 Å². The maximum atomic E-state index is 14.2. The van der Waals surface area contributed by atoms with E-state index in [9.17, 15) is 13.6 Å². The molecule has 0 spiro atoms. The molecule has 28 heavy (non-hydrogen) atoms. The van der Waals surface area contributed by atoms with Crippen molar-refractivity contribution in [2.24, 2.45) is 0 Å². The van der Waals surface area contributed by atoms with Gasteiger partial charge >= 0.3 is 0 Å². The Hall–Kier alpha value is -2.92. The number of halogens is 3. The van der Waals surface area contributed by atoms with Crippen molar-refractivity contribution in [1.82, 2.24) is 4.90 Å². The summed E-state index contributed by atoms with van der Waals surface area (Å²) >= 11 is 5.96. The van der Waals surface area contributed by atoms with Crippen molar-refractivity contribution in [2.75, 3.05) is 5.32 Å². The smallest absolute Gasteiger partial charge is 0.250 e. The molecule has 1 unspecified atom stereocenters. The van der Waals surface area contributed by atoms with Crippen molar-refractivity contribution < 1.29 is 13.6 Å². The molecule has 1 N–H and O–H groups in total. The lowest BCUT2D eigenvalue weighted by Crippen LogP contribution is -2.34. The Kier molecular flexibility index (Phi) is 5.01. The molecule has 3 aromatic carbocycles. The van der Waals surface area contributed by atoms with E-state index in [-0.39, 0.29) is 11.6 Å². The lowest BCUT2D eigenvalue weighted by Gasteiger charge is -2.25. The second-order valence-corrected chi connectivity index (χ2v) is 7.13. The quantitative estimate of drug-likeness (QED) is 0.645. The number of hydrogen-bond acceptors (Lipinski definition) is 2. The molecule has 4 rings (SSSR count). The van der Waals surface area contributed by atoms with Crippen LogP contribution in [0.3, 0.4) is 0 Å².